The van der Waals surface area contributed by atoms with Gasteiger partial charge < -0.3 is 10.5 Å². The summed E-state index contributed by atoms with van der Waals surface area (Å²) in [5.74, 6) is 0.568. The Balaban J connectivity index is 2.11. The van der Waals surface area contributed by atoms with Crippen molar-refractivity contribution in [2.45, 2.75) is 71.0 Å². The van der Waals surface area contributed by atoms with Crippen LogP contribution in [0.4, 0.5) is 0 Å². The highest BCUT2D eigenvalue weighted by Gasteiger charge is 2.49. The van der Waals surface area contributed by atoms with Crippen LogP contribution in [0.3, 0.4) is 0 Å². The minimum atomic E-state index is 0.195. The van der Waals surface area contributed by atoms with Crippen molar-refractivity contribution in [1.29, 1.82) is 0 Å². The number of ether oxygens (including phenoxy) is 1. The van der Waals surface area contributed by atoms with Crippen LogP contribution in [0.25, 0.3) is 0 Å². The third-order valence-corrected chi connectivity index (χ3v) is 4.36. The molecule has 2 nitrogen and oxygen atoms in total. The van der Waals surface area contributed by atoms with Crippen molar-refractivity contribution in [3.63, 3.8) is 0 Å². The van der Waals surface area contributed by atoms with Gasteiger partial charge in [-0.1, -0.05) is 40.0 Å². The van der Waals surface area contributed by atoms with Gasteiger partial charge >= 0.3 is 0 Å². The zero-order chi connectivity index (χ0) is 11.8. The van der Waals surface area contributed by atoms with E-state index in [2.05, 4.69) is 20.8 Å². The van der Waals surface area contributed by atoms with Gasteiger partial charge in [-0.25, -0.2) is 0 Å². The monoisotopic (exact) mass is 225 g/mol. The maximum absolute atomic E-state index is 6.48. The van der Waals surface area contributed by atoms with E-state index >= 15 is 0 Å². The highest BCUT2D eigenvalue weighted by molar-refractivity contribution is 4.99. The standard InChI is InChI=1S/C14H27NO/c1-13(2,3)12-11(10-15)9-14(16-12)7-5-4-6-8-14/h11-12H,4-10,15H2,1-3H3. The Labute approximate surface area is 99.9 Å². The van der Waals surface area contributed by atoms with Crippen LogP contribution in [0.15, 0.2) is 0 Å². The van der Waals surface area contributed by atoms with Gasteiger partial charge in [0, 0.05) is 5.92 Å². The van der Waals surface area contributed by atoms with Crippen LogP contribution < -0.4 is 5.73 Å². The molecule has 0 aromatic heterocycles. The second-order valence-corrected chi connectivity index (χ2v) is 6.85. The van der Waals surface area contributed by atoms with Gasteiger partial charge in [-0.15, -0.1) is 0 Å². The first kappa shape index (κ1) is 12.4. The second-order valence-electron chi connectivity index (χ2n) is 6.85. The Kier molecular flexibility index (Phi) is 3.33. The predicted molar refractivity (Wildman–Crippen MR) is 67.3 cm³/mol. The molecule has 1 spiro atoms. The van der Waals surface area contributed by atoms with Crippen LogP contribution in [0.2, 0.25) is 0 Å². The Morgan fingerprint density at radius 2 is 1.81 bits per heavy atom. The van der Waals surface area contributed by atoms with Gasteiger partial charge in [0.25, 0.3) is 0 Å². The van der Waals surface area contributed by atoms with E-state index in [0.717, 1.165) is 6.54 Å². The summed E-state index contributed by atoms with van der Waals surface area (Å²) in [6.07, 6.45) is 8.15. The normalized spacial score (nSPS) is 34.5. The lowest BCUT2D eigenvalue weighted by molar-refractivity contribution is -0.102. The minimum absolute atomic E-state index is 0.195. The summed E-state index contributed by atoms with van der Waals surface area (Å²) in [5.41, 5.74) is 6.35. The average molecular weight is 225 g/mol. The Bertz CT molecular complexity index is 238. The molecule has 0 bridgehead atoms. The number of rotatable bonds is 1. The van der Waals surface area contributed by atoms with E-state index in [1.165, 1.54) is 38.5 Å². The molecule has 16 heavy (non-hydrogen) atoms. The molecule has 0 amide bonds. The first-order valence-corrected chi connectivity index (χ1v) is 6.85. The lowest BCUT2D eigenvalue weighted by Crippen LogP contribution is -2.37. The predicted octanol–water partition coefficient (Wildman–Crippen LogP) is 3.10. The summed E-state index contributed by atoms with van der Waals surface area (Å²) in [7, 11) is 0. The minimum Gasteiger partial charge on any atom is -0.371 e. The second kappa shape index (κ2) is 4.30. The molecule has 1 saturated heterocycles. The summed E-state index contributed by atoms with van der Waals surface area (Å²) in [6.45, 7) is 7.62. The zero-order valence-corrected chi connectivity index (χ0v) is 11.1. The lowest BCUT2D eigenvalue weighted by Gasteiger charge is -2.36. The molecule has 94 valence electrons. The molecule has 2 rings (SSSR count). The average Bonchev–Trinajstić information content (AvgIpc) is 2.58. The molecule has 2 heteroatoms. The molecule has 1 saturated carbocycles. The summed E-state index contributed by atoms with van der Waals surface area (Å²) in [6, 6.07) is 0. The molecular formula is C14H27NO. The maximum Gasteiger partial charge on any atom is 0.0690 e. The van der Waals surface area contributed by atoms with E-state index in [0.29, 0.717) is 12.0 Å². The molecule has 2 fully saturated rings. The van der Waals surface area contributed by atoms with Crippen LogP contribution in [0.5, 0.6) is 0 Å². The molecular weight excluding hydrogens is 198 g/mol. The van der Waals surface area contributed by atoms with E-state index in [-0.39, 0.29) is 11.0 Å². The molecule has 2 N–H and O–H groups in total. The van der Waals surface area contributed by atoms with Crippen molar-refractivity contribution in [2.75, 3.05) is 6.54 Å². The largest absolute Gasteiger partial charge is 0.371 e. The Morgan fingerprint density at radius 3 is 2.25 bits per heavy atom. The highest BCUT2D eigenvalue weighted by atomic mass is 16.5. The van der Waals surface area contributed by atoms with Crippen LogP contribution in [0, 0.1) is 11.3 Å². The third-order valence-electron chi connectivity index (χ3n) is 4.36. The number of hydrogen-bond acceptors (Lipinski definition) is 2. The maximum atomic E-state index is 6.48. The van der Waals surface area contributed by atoms with Crippen molar-refractivity contribution in [2.24, 2.45) is 17.1 Å². The zero-order valence-electron chi connectivity index (χ0n) is 11.1. The van der Waals surface area contributed by atoms with Gasteiger partial charge in [0.15, 0.2) is 0 Å². The molecule has 2 unspecified atom stereocenters. The van der Waals surface area contributed by atoms with Crippen LogP contribution >= 0.6 is 0 Å². The quantitative estimate of drug-likeness (QED) is 0.744. The van der Waals surface area contributed by atoms with Crippen molar-refractivity contribution in [1.82, 2.24) is 0 Å². The Hall–Kier alpha value is -0.0800. The third kappa shape index (κ3) is 2.28. The number of hydrogen-bond donors (Lipinski definition) is 1. The fourth-order valence-corrected chi connectivity index (χ4v) is 3.61. The lowest BCUT2D eigenvalue weighted by atomic mass is 9.77. The molecule has 0 aromatic carbocycles. The van der Waals surface area contributed by atoms with E-state index < -0.39 is 0 Å². The number of nitrogens with two attached hydrogens (primary N) is 1. The topological polar surface area (TPSA) is 35.2 Å². The SMILES string of the molecule is CC(C)(C)C1OC2(CCCCC2)CC1CN. The van der Waals surface area contributed by atoms with Gasteiger partial charge in [-0.2, -0.15) is 0 Å². The van der Waals surface area contributed by atoms with Gasteiger partial charge in [-0.3, -0.25) is 0 Å². The fraction of sp³-hybridized carbons (Fsp3) is 1.00. The van der Waals surface area contributed by atoms with Crippen molar-refractivity contribution in [3.05, 3.63) is 0 Å². The fourth-order valence-electron chi connectivity index (χ4n) is 3.61. The first-order chi connectivity index (χ1) is 7.47. The summed E-state index contributed by atoms with van der Waals surface area (Å²) in [4.78, 5) is 0. The van der Waals surface area contributed by atoms with E-state index in [1.807, 2.05) is 0 Å². The first-order valence-electron chi connectivity index (χ1n) is 6.85. The van der Waals surface area contributed by atoms with Gasteiger partial charge in [-0.05, 0) is 31.2 Å². The van der Waals surface area contributed by atoms with Gasteiger partial charge in [0.1, 0.15) is 0 Å². The molecule has 0 radical (unpaired) electrons. The molecule has 2 aliphatic rings. The summed E-state index contributed by atoms with van der Waals surface area (Å²) >= 11 is 0. The summed E-state index contributed by atoms with van der Waals surface area (Å²) < 4.78 is 6.48. The van der Waals surface area contributed by atoms with Gasteiger partial charge in [0.2, 0.25) is 0 Å². The van der Waals surface area contributed by atoms with Crippen molar-refractivity contribution in [3.8, 4) is 0 Å². The molecule has 1 heterocycles. The molecule has 1 aliphatic heterocycles. The van der Waals surface area contributed by atoms with Crippen LogP contribution in [0.1, 0.15) is 59.3 Å². The summed E-state index contributed by atoms with van der Waals surface area (Å²) in [5, 5.41) is 0. The molecule has 1 aliphatic carbocycles. The Morgan fingerprint density at radius 1 is 1.19 bits per heavy atom. The van der Waals surface area contributed by atoms with Crippen molar-refractivity contribution < 1.29 is 4.74 Å². The van der Waals surface area contributed by atoms with E-state index in [1.54, 1.807) is 0 Å². The van der Waals surface area contributed by atoms with Crippen LogP contribution in [-0.4, -0.2) is 18.2 Å². The smallest absolute Gasteiger partial charge is 0.0690 e. The van der Waals surface area contributed by atoms with E-state index in [9.17, 15) is 0 Å². The van der Waals surface area contributed by atoms with Gasteiger partial charge in [0.05, 0.1) is 11.7 Å². The van der Waals surface area contributed by atoms with E-state index in [4.69, 9.17) is 10.5 Å². The van der Waals surface area contributed by atoms with Crippen LogP contribution in [-0.2, 0) is 4.74 Å². The van der Waals surface area contributed by atoms with Crippen molar-refractivity contribution >= 4 is 0 Å². The molecule has 0 aromatic rings. The highest BCUT2D eigenvalue weighted by Crippen LogP contribution is 2.48. The molecule has 2 atom stereocenters.